The van der Waals surface area contributed by atoms with E-state index >= 15 is 0 Å². The molecule has 1 fully saturated rings. The summed E-state index contributed by atoms with van der Waals surface area (Å²) < 4.78 is 1.52. The second-order valence-corrected chi connectivity index (χ2v) is 7.71. The van der Waals surface area contributed by atoms with Crippen LogP contribution in [0.15, 0.2) is 35.5 Å². The molecular weight excluding hydrogens is 342 g/mol. The van der Waals surface area contributed by atoms with Crippen LogP contribution in [0.4, 0.5) is 0 Å². The van der Waals surface area contributed by atoms with Gasteiger partial charge in [-0.25, -0.2) is 4.68 Å². The average Bonchev–Trinajstić information content (AvgIpc) is 3.37. The van der Waals surface area contributed by atoms with Crippen molar-refractivity contribution in [3.8, 4) is 0 Å². The number of amides is 1. The molecule has 1 aliphatic carbocycles. The van der Waals surface area contributed by atoms with Gasteiger partial charge in [0.2, 0.25) is 11.1 Å². The third-order valence-corrected chi connectivity index (χ3v) is 5.62. The van der Waals surface area contributed by atoms with E-state index < -0.39 is 0 Å². The Morgan fingerprint density at radius 1 is 1.29 bits per heavy atom. The number of hydrogen-bond donors (Lipinski definition) is 2. The Morgan fingerprint density at radius 2 is 2.08 bits per heavy atom. The fourth-order valence-corrected chi connectivity index (χ4v) is 3.73. The molecular formula is C16H21N5OS2. The van der Waals surface area contributed by atoms with Crippen molar-refractivity contribution in [2.45, 2.75) is 29.7 Å². The molecule has 1 heterocycles. The Hall–Kier alpha value is -1.67. The van der Waals surface area contributed by atoms with Crippen molar-refractivity contribution in [3.63, 3.8) is 0 Å². The molecule has 24 heavy (non-hydrogen) atoms. The largest absolute Gasteiger partial charge is 0.355 e. The molecule has 6 nitrogen and oxygen atoms in total. The minimum absolute atomic E-state index is 0.00344. The van der Waals surface area contributed by atoms with Gasteiger partial charge in [-0.15, -0.1) is 10.2 Å². The van der Waals surface area contributed by atoms with Crippen molar-refractivity contribution >= 4 is 29.4 Å². The highest BCUT2D eigenvalue weighted by Gasteiger charge is 2.29. The maximum Gasteiger partial charge on any atom is 0.230 e. The summed E-state index contributed by atoms with van der Waals surface area (Å²) in [4.78, 5) is 11.9. The minimum atomic E-state index is -0.00344. The number of benzene rings is 1. The molecule has 8 heteroatoms. The highest BCUT2D eigenvalue weighted by Crippen LogP contribution is 2.39. The lowest BCUT2D eigenvalue weighted by molar-refractivity contribution is -0.118. The van der Waals surface area contributed by atoms with Crippen molar-refractivity contribution in [3.05, 3.63) is 41.7 Å². The van der Waals surface area contributed by atoms with Gasteiger partial charge in [0, 0.05) is 24.0 Å². The molecule has 1 amide bonds. The molecule has 0 saturated heterocycles. The molecule has 0 spiro atoms. The smallest absolute Gasteiger partial charge is 0.230 e. The van der Waals surface area contributed by atoms with E-state index in [1.165, 1.54) is 22.0 Å². The van der Waals surface area contributed by atoms with Gasteiger partial charge in [-0.05, 0) is 18.4 Å². The average molecular weight is 364 g/mol. The van der Waals surface area contributed by atoms with Crippen molar-refractivity contribution in [2.24, 2.45) is 0 Å². The van der Waals surface area contributed by atoms with Crippen LogP contribution in [0.1, 0.15) is 30.1 Å². The Labute approximate surface area is 149 Å². The molecule has 0 aliphatic heterocycles. The van der Waals surface area contributed by atoms with Gasteiger partial charge in [0.1, 0.15) is 0 Å². The van der Waals surface area contributed by atoms with Crippen molar-refractivity contribution < 1.29 is 4.79 Å². The van der Waals surface area contributed by atoms with E-state index in [-0.39, 0.29) is 5.91 Å². The van der Waals surface area contributed by atoms with E-state index in [4.69, 9.17) is 5.84 Å². The zero-order chi connectivity index (χ0) is 16.8. The highest BCUT2D eigenvalue weighted by atomic mass is 32.2. The summed E-state index contributed by atoms with van der Waals surface area (Å²) >= 11 is 3.14. The predicted molar refractivity (Wildman–Crippen MR) is 98.5 cm³/mol. The molecule has 1 aliphatic rings. The van der Waals surface area contributed by atoms with Gasteiger partial charge in [-0.3, -0.25) is 4.79 Å². The third kappa shape index (κ3) is 4.91. The lowest BCUT2D eigenvalue weighted by Crippen LogP contribution is -2.27. The molecule has 3 N–H and O–H groups in total. The van der Waals surface area contributed by atoms with Crippen molar-refractivity contribution in [1.82, 2.24) is 20.2 Å². The number of hydrogen-bond acceptors (Lipinski definition) is 6. The third-order valence-electron chi connectivity index (χ3n) is 3.65. The second kappa shape index (κ2) is 8.43. The molecule has 3 rings (SSSR count). The molecule has 0 radical (unpaired) electrons. The summed E-state index contributed by atoms with van der Waals surface area (Å²) in [5, 5.41) is 11.7. The zero-order valence-corrected chi connectivity index (χ0v) is 15.0. The number of thioether (sulfide) groups is 2. The lowest BCUT2D eigenvalue weighted by atomic mass is 10.2. The lowest BCUT2D eigenvalue weighted by Gasteiger charge is -2.05. The van der Waals surface area contributed by atoms with E-state index in [2.05, 4.69) is 27.6 Å². The summed E-state index contributed by atoms with van der Waals surface area (Å²) in [6.07, 6.45) is 2.25. The van der Waals surface area contributed by atoms with Gasteiger partial charge in [0.05, 0.1) is 5.75 Å². The molecule has 2 aromatic rings. The Kier molecular flexibility index (Phi) is 6.03. The van der Waals surface area contributed by atoms with Gasteiger partial charge in [0.15, 0.2) is 5.82 Å². The molecule has 0 unspecified atom stereocenters. The Bertz CT molecular complexity index is 672. The van der Waals surface area contributed by atoms with Crippen LogP contribution in [-0.4, -0.2) is 38.8 Å². The standard InChI is InChI=1S/C16H21N5OS2/c17-21-15(13-6-7-13)19-20-16(21)24-11-14(22)18-8-9-23-10-12-4-2-1-3-5-12/h1-5,13H,6-11,17H2,(H,18,22). The number of nitrogens with zero attached hydrogens (tertiary/aromatic N) is 3. The highest BCUT2D eigenvalue weighted by molar-refractivity contribution is 7.99. The van der Waals surface area contributed by atoms with Crippen LogP contribution >= 0.6 is 23.5 Å². The van der Waals surface area contributed by atoms with Gasteiger partial charge >= 0.3 is 0 Å². The van der Waals surface area contributed by atoms with Gasteiger partial charge in [-0.1, -0.05) is 42.1 Å². The molecule has 0 atom stereocenters. The van der Waals surface area contributed by atoms with E-state index in [1.807, 2.05) is 30.0 Å². The molecule has 1 saturated carbocycles. The topological polar surface area (TPSA) is 85.8 Å². The summed E-state index contributed by atoms with van der Waals surface area (Å²) in [6.45, 7) is 0.666. The van der Waals surface area contributed by atoms with Crippen molar-refractivity contribution in [1.29, 1.82) is 0 Å². The molecule has 128 valence electrons. The van der Waals surface area contributed by atoms with Crippen LogP contribution in [-0.2, 0) is 10.5 Å². The maximum atomic E-state index is 11.9. The number of nitrogens with two attached hydrogens (primary N) is 1. The fourth-order valence-electron chi connectivity index (χ4n) is 2.21. The van der Waals surface area contributed by atoms with E-state index in [9.17, 15) is 4.79 Å². The van der Waals surface area contributed by atoms with Crippen LogP contribution in [0.25, 0.3) is 0 Å². The fraction of sp³-hybridized carbons (Fsp3) is 0.438. The predicted octanol–water partition coefficient (Wildman–Crippen LogP) is 2.01. The SMILES string of the molecule is Nn1c(SCC(=O)NCCSCc2ccccc2)nnc1C1CC1. The van der Waals surface area contributed by atoms with E-state index in [0.29, 0.717) is 23.4 Å². The summed E-state index contributed by atoms with van der Waals surface area (Å²) in [5.41, 5.74) is 1.30. The first-order chi connectivity index (χ1) is 11.7. The van der Waals surface area contributed by atoms with Crippen molar-refractivity contribution in [2.75, 3.05) is 23.9 Å². The van der Waals surface area contributed by atoms with Crippen LogP contribution in [0.2, 0.25) is 0 Å². The first-order valence-electron chi connectivity index (χ1n) is 7.95. The quantitative estimate of drug-likeness (QED) is 0.403. The number of carbonyl (C=O) groups is 1. The molecule has 1 aromatic carbocycles. The maximum absolute atomic E-state index is 11.9. The summed E-state index contributed by atoms with van der Waals surface area (Å²) in [7, 11) is 0. The van der Waals surface area contributed by atoms with Crippen LogP contribution in [0.5, 0.6) is 0 Å². The Balaban J connectivity index is 1.30. The number of aromatic nitrogens is 3. The first-order valence-corrected chi connectivity index (χ1v) is 10.1. The van der Waals surface area contributed by atoms with Crippen LogP contribution < -0.4 is 11.2 Å². The van der Waals surface area contributed by atoms with Gasteiger partial charge in [-0.2, -0.15) is 11.8 Å². The first kappa shape index (κ1) is 17.2. The van der Waals surface area contributed by atoms with Crippen LogP contribution in [0.3, 0.4) is 0 Å². The monoisotopic (exact) mass is 363 g/mol. The van der Waals surface area contributed by atoms with Gasteiger partial charge in [0.25, 0.3) is 0 Å². The Morgan fingerprint density at radius 3 is 2.83 bits per heavy atom. The minimum Gasteiger partial charge on any atom is -0.355 e. The molecule has 1 aromatic heterocycles. The van der Waals surface area contributed by atoms with Gasteiger partial charge < -0.3 is 11.2 Å². The van der Waals surface area contributed by atoms with E-state index in [0.717, 1.165) is 30.2 Å². The number of nitrogens with one attached hydrogen (secondary N) is 1. The normalized spacial score (nSPS) is 13.8. The molecule has 0 bridgehead atoms. The number of nitrogen functional groups attached to an aromatic ring is 1. The number of rotatable bonds is 9. The summed E-state index contributed by atoms with van der Waals surface area (Å²) in [6, 6.07) is 10.3. The zero-order valence-electron chi connectivity index (χ0n) is 13.4. The second-order valence-electron chi connectivity index (χ2n) is 5.66. The number of carbonyl (C=O) groups excluding carboxylic acids is 1. The van der Waals surface area contributed by atoms with Crippen LogP contribution in [0, 0.1) is 0 Å². The van der Waals surface area contributed by atoms with E-state index in [1.54, 1.807) is 0 Å². The summed E-state index contributed by atoms with van der Waals surface area (Å²) in [5.74, 6) is 9.40.